The van der Waals surface area contributed by atoms with Gasteiger partial charge in [0.05, 0.1) is 24.1 Å². The molecule has 0 saturated heterocycles. The molecule has 0 saturated carbocycles. The first-order chi connectivity index (χ1) is 8.74. The van der Waals surface area contributed by atoms with E-state index in [2.05, 4.69) is 22.2 Å². The van der Waals surface area contributed by atoms with E-state index in [-0.39, 0.29) is 0 Å². The number of aromatic nitrogens is 3. The van der Waals surface area contributed by atoms with Gasteiger partial charge in [-0.2, -0.15) is 5.10 Å². The van der Waals surface area contributed by atoms with Crippen molar-refractivity contribution in [1.29, 1.82) is 0 Å². The lowest BCUT2D eigenvalue weighted by molar-refractivity contribution is 0.696. The van der Waals surface area contributed by atoms with Crippen molar-refractivity contribution in [2.75, 3.05) is 5.73 Å². The van der Waals surface area contributed by atoms with Crippen LogP contribution in [-0.4, -0.2) is 14.8 Å². The Morgan fingerprint density at radius 1 is 1.22 bits per heavy atom. The predicted molar refractivity (Wildman–Crippen MR) is 72.2 cm³/mol. The zero-order chi connectivity index (χ0) is 12.5. The Morgan fingerprint density at radius 2 is 2.00 bits per heavy atom. The molecule has 0 aliphatic carbocycles. The number of nitrogens with two attached hydrogens (primary N) is 1. The number of pyridine rings is 1. The average Bonchev–Trinajstić information content (AvgIpc) is 2.67. The highest BCUT2D eigenvalue weighted by atomic mass is 15.3. The third kappa shape index (κ3) is 1.82. The summed E-state index contributed by atoms with van der Waals surface area (Å²) < 4.78 is 1.92. The number of anilines is 1. The molecule has 2 N–H and O–H groups in total. The number of nitrogens with zero attached hydrogens (tertiary/aromatic N) is 3. The van der Waals surface area contributed by atoms with Crippen LogP contribution < -0.4 is 5.73 Å². The molecule has 3 rings (SSSR count). The van der Waals surface area contributed by atoms with Gasteiger partial charge in [0.1, 0.15) is 0 Å². The minimum atomic E-state index is 0.671. The van der Waals surface area contributed by atoms with Crippen molar-refractivity contribution in [2.24, 2.45) is 0 Å². The molecule has 0 aliphatic heterocycles. The van der Waals surface area contributed by atoms with E-state index in [4.69, 9.17) is 5.73 Å². The number of hydrogen-bond acceptors (Lipinski definition) is 3. The van der Waals surface area contributed by atoms with E-state index in [0.717, 1.165) is 23.3 Å². The molecule has 3 aromatic rings. The van der Waals surface area contributed by atoms with Gasteiger partial charge in [0.15, 0.2) is 5.65 Å². The number of benzene rings is 1. The summed E-state index contributed by atoms with van der Waals surface area (Å²) in [5.74, 6) is 0. The highest BCUT2D eigenvalue weighted by Gasteiger charge is 2.09. The zero-order valence-corrected chi connectivity index (χ0v) is 10.2. The molecule has 4 heteroatoms. The van der Waals surface area contributed by atoms with E-state index >= 15 is 0 Å². The molecule has 0 aliphatic rings. The summed E-state index contributed by atoms with van der Waals surface area (Å²) in [5, 5.41) is 5.54. The fraction of sp³-hybridized carbons (Fsp3) is 0.143. The molecule has 0 fully saturated rings. The Kier molecular flexibility index (Phi) is 2.48. The summed E-state index contributed by atoms with van der Waals surface area (Å²) in [6, 6.07) is 12.2. The van der Waals surface area contributed by atoms with Gasteiger partial charge < -0.3 is 5.73 Å². The largest absolute Gasteiger partial charge is 0.397 e. The van der Waals surface area contributed by atoms with Crippen LogP contribution in [0.25, 0.3) is 11.0 Å². The van der Waals surface area contributed by atoms with E-state index in [1.54, 1.807) is 6.20 Å². The standard InChI is InChI=1S/C14H14N4/c1-10-13-7-12(15)8-16-14(13)18(17-10)9-11-5-3-2-4-6-11/h2-8H,9,15H2,1H3. The highest BCUT2D eigenvalue weighted by molar-refractivity contribution is 5.81. The average molecular weight is 238 g/mol. The molecule has 2 heterocycles. The quantitative estimate of drug-likeness (QED) is 0.745. The zero-order valence-electron chi connectivity index (χ0n) is 10.2. The van der Waals surface area contributed by atoms with Crippen LogP contribution in [0, 0.1) is 6.92 Å². The van der Waals surface area contributed by atoms with Gasteiger partial charge in [-0.05, 0) is 18.6 Å². The molecule has 1 aromatic carbocycles. The van der Waals surface area contributed by atoms with Crippen LogP contribution in [0.1, 0.15) is 11.3 Å². The van der Waals surface area contributed by atoms with E-state index < -0.39 is 0 Å². The first-order valence-electron chi connectivity index (χ1n) is 5.86. The molecular formula is C14H14N4. The van der Waals surface area contributed by atoms with Crippen LogP contribution in [-0.2, 0) is 6.54 Å². The minimum absolute atomic E-state index is 0.671. The second-order valence-corrected chi connectivity index (χ2v) is 4.37. The topological polar surface area (TPSA) is 56.7 Å². The number of nitrogen functional groups attached to an aromatic ring is 1. The maximum absolute atomic E-state index is 5.76. The van der Waals surface area contributed by atoms with Gasteiger partial charge in [-0.1, -0.05) is 30.3 Å². The summed E-state index contributed by atoms with van der Waals surface area (Å²) in [7, 11) is 0. The fourth-order valence-electron chi connectivity index (χ4n) is 2.09. The van der Waals surface area contributed by atoms with E-state index in [1.807, 2.05) is 35.9 Å². The van der Waals surface area contributed by atoms with Gasteiger partial charge in [-0.25, -0.2) is 9.67 Å². The van der Waals surface area contributed by atoms with Gasteiger partial charge in [0, 0.05) is 5.39 Å². The van der Waals surface area contributed by atoms with Gasteiger partial charge in [-0.15, -0.1) is 0 Å². The van der Waals surface area contributed by atoms with Gasteiger partial charge >= 0.3 is 0 Å². The molecule has 0 spiro atoms. The summed E-state index contributed by atoms with van der Waals surface area (Å²) >= 11 is 0. The van der Waals surface area contributed by atoms with Crippen molar-refractivity contribution >= 4 is 16.7 Å². The third-order valence-electron chi connectivity index (χ3n) is 2.97. The number of aryl methyl sites for hydroxylation is 1. The first-order valence-corrected chi connectivity index (χ1v) is 5.86. The molecule has 0 radical (unpaired) electrons. The molecule has 0 bridgehead atoms. The van der Waals surface area contributed by atoms with Crippen molar-refractivity contribution in [2.45, 2.75) is 13.5 Å². The maximum atomic E-state index is 5.76. The lowest BCUT2D eigenvalue weighted by Crippen LogP contribution is -2.02. The van der Waals surface area contributed by atoms with Crippen molar-refractivity contribution < 1.29 is 0 Å². The molecule has 18 heavy (non-hydrogen) atoms. The van der Waals surface area contributed by atoms with E-state index in [9.17, 15) is 0 Å². The lowest BCUT2D eigenvalue weighted by atomic mass is 10.2. The number of hydrogen-bond donors (Lipinski definition) is 1. The SMILES string of the molecule is Cc1nn(Cc2ccccc2)c2ncc(N)cc12. The van der Waals surface area contributed by atoms with Crippen LogP contribution in [0.5, 0.6) is 0 Å². The van der Waals surface area contributed by atoms with Crippen LogP contribution >= 0.6 is 0 Å². The molecule has 2 aromatic heterocycles. The monoisotopic (exact) mass is 238 g/mol. The Morgan fingerprint density at radius 3 is 2.78 bits per heavy atom. The number of fused-ring (bicyclic) bond motifs is 1. The Labute approximate surface area is 105 Å². The van der Waals surface area contributed by atoms with Crippen molar-refractivity contribution in [1.82, 2.24) is 14.8 Å². The fourth-order valence-corrected chi connectivity index (χ4v) is 2.09. The summed E-state index contributed by atoms with van der Waals surface area (Å²) in [6.45, 7) is 2.70. The number of rotatable bonds is 2. The van der Waals surface area contributed by atoms with Crippen molar-refractivity contribution in [3.63, 3.8) is 0 Å². The maximum Gasteiger partial charge on any atom is 0.158 e. The lowest BCUT2D eigenvalue weighted by Gasteiger charge is -2.02. The molecular weight excluding hydrogens is 224 g/mol. The van der Waals surface area contributed by atoms with Crippen molar-refractivity contribution in [3.8, 4) is 0 Å². The predicted octanol–water partition coefficient (Wildman–Crippen LogP) is 2.37. The van der Waals surface area contributed by atoms with E-state index in [0.29, 0.717) is 5.69 Å². The molecule has 0 unspecified atom stereocenters. The molecule has 90 valence electrons. The van der Waals surface area contributed by atoms with Crippen LogP contribution in [0.2, 0.25) is 0 Å². The Hall–Kier alpha value is -2.36. The second-order valence-electron chi connectivity index (χ2n) is 4.37. The Balaban J connectivity index is 2.08. The summed E-state index contributed by atoms with van der Waals surface area (Å²) in [6.07, 6.45) is 1.67. The van der Waals surface area contributed by atoms with Crippen LogP contribution in [0.4, 0.5) is 5.69 Å². The van der Waals surface area contributed by atoms with Crippen LogP contribution in [0.15, 0.2) is 42.6 Å². The first kappa shape index (κ1) is 10.8. The Bertz CT molecular complexity index is 686. The third-order valence-corrected chi connectivity index (χ3v) is 2.97. The highest BCUT2D eigenvalue weighted by Crippen LogP contribution is 2.19. The molecule has 0 atom stereocenters. The smallest absolute Gasteiger partial charge is 0.158 e. The minimum Gasteiger partial charge on any atom is -0.397 e. The molecule has 0 amide bonds. The molecule has 4 nitrogen and oxygen atoms in total. The normalized spacial score (nSPS) is 10.9. The summed E-state index contributed by atoms with van der Waals surface area (Å²) in [4.78, 5) is 4.37. The van der Waals surface area contributed by atoms with Crippen molar-refractivity contribution in [3.05, 3.63) is 53.9 Å². The van der Waals surface area contributed by atoms with Crippen LogP contribution in [0.3, 0.4) is 0 Å². The second kappa shape index (κ2) is 4.14. The summed E-state index contributed by atoms with van der Waals surface area (Å²) in [5.41, 5.74) is 9.47. The van der Waals surface area contributed by atoms with Gasteiger partial charge in [-0.3, -0.25) is 0 Å². The van der Waals surface area contributed by atoms with Gasteiger partial charge in [0.2, 0.25) is 0 Å². The van der Waals surface area contributed by atoms with E-state index in [1.165, 1.54) is 5.56 Å². The van der Waals surface area contributed by atoms with Gasteiger partial charge in [0.25, 0.3) is 0 Å².